The fourth-order valence-electron chi connectivity index (χ4n) is 2.88. The number of nitrogens with one attached hydrogen (secondary N) is 1. The van der Waals surface area contributed by atoms with Crippen LogP contribution in [0.15, 0.2) is 16.8 Å². The first-order valence-corrected chi connectivity index (χ1v) is 5.78. The Kier molecular flexibility index (Phi) is 2.46. The van der Waals surface area contributed by atoms with Gasteiger partial charge in [0.25, 0.3) is 0 Å². The summed E-state index contributed by atoms with van der Waals surface area (Å²) in [5.41, 5.74) is 0. The van der Waals surface area contributed by atoms with E-state index in [1.165, 1.54) is 25.9 Å². The molecule has 2 aliphatic heterocycles. The molecule has 0 spiro atoms. The summed E-state index contributed by atoms with van der Waals surface area (Å²) < 4.78 is 5.17. The molecule has 2 unspecified atom stereocenters. The number of piperidine rings is 1. The molecule has 2 fully saturated rings. The van der Waals surface area contributed by atoms with Crippen LogP contribution >= 0.6 is 0 Å². The zero-order chi connectivity index (χ0) is 10.1. The van der Waals surface area contributed by atoms with E-state index in [9.17, 15) is 0 Å². The molecular formula is C11H17N3O. The van der Waals surface area contributed by atoms with Crippen molar-refractivity contribution in [2.45, 2.75) is 25.4 Å². The summed E-state index contributed by atoms with van der Waals surface area (Å²) in [6.07, 6.45) is 4.42. The van der Waals surface area contributed by atoms with E-state index in [1.807, 2.05) is 6.07 Å². The third kappa shape index (κ3) is 1.79. The highest BCUT2D eigenvalue weighted by Crippen LogP contribution is 2.27. The van der Waals surface area contributed by atoms with Gasteiger partial charge in [-0.25, -0.2) is 0 Å². The van der Waals surface area contributed by atoms with E-state index in [0.717, 1.165) is 24.8 Å². The van der Waals surface area contributed by atoms with E-state index in [-0.39, 0.29) is 0 Å². The first kappa shape index (κ1) is 9.36. The summed E-state index contributed by atoms with van der Waals surface area (Å²) in [7, 11) is 0. The highest BCUT2D eigenvalue weighted by molar-refractivity contribution is 4.97. The van der Waals surface area contributed by atoms with Crippen molar-refractivity contribution < 1.29 is 4.52 Å². The largest absolute Gasteiger partial charge is 0.360 e. The lowest BCUT2D eigenvalue weighted by atomic mass is 9.92. The van der Waals surface area contributed by atoms with Gasteiger partial charge in [-0.2, -0.15) is 0 Å². The van der Waals surface area contributed by atoms with Crippen LogP contribution in [-0.2, 0) is 6.54 Å². The van der Waals surface area contributed by atoms with E-state index < -0.39 is 0 Å². The number of nitrogens with zero attached hydrogens (tertiary/aromatic N) is 2. The number of rotatable bonds is 2. The Morgan fingerprint density at radius 3 is 3.40 bits per heavy atom. The first-order valence-electron chi connectivity index (χ1n) is 5.78. The highest BCUT2D eigenvalue weighted by Gasteiger charge is 2.34. The lowest BCUT2D eigenvalue weighted by Crippen LogP contribution is -2.44. The highest BCUT2D eigenvalue weighted by atomic mass is 16.5. The molecule has 1 aromatic heterocycles. The lowest BCUT2D eigenvalue weighted by molar-refractivity contribution is 0.106. The van der Waals surface area contributed by atoms with Gasteiger partial charge in [0.2, 0.25) is 0 Å². The molecule has 2 aliphatic rings. The van der Waals surface area contributed by atoms with Gasteiger partial charge in [-0.15, -0.1) is 0 Å². The topological polar surface area (TPSA) is 41.3 Å². The molecule has 0 aromatic carbocycles. The summed E-state index contributed by atoms with van der Waals surface area (Å²) in [4.78, 5) is 2.54. The van der Waals surface area contributed by atoms with E-state index in [0.29, 0.717) is 6.04 Å². The average Bonchev–Trinajstić information content (AvgIpc) is 2.87. The number of aromatic nitrogens is 1. The summed E-state index contributed by atoms with van der Waals surface area (Å²) in [5, 5.41) is 7.24. The molecule has 3 rings (SSSR count). The third-order valence-corrected chi connectivity index (χ3v) is 3.64. The molecule has 2 saturated heterocycles. The molecule has 0 aliphatic carbocycles. The van der Waals surface area contributed by atoms with Crippen LogP contribution in [-0.4, -0.2) is 35.7 Å². The van der Waals surface area contributed by atoms with Gasteiger partial charge in [-0.1, -0.05) is 5.16 Å². The lowest BCUT2D eigenvalue weighted by Gasteiger charge is -2.36. The Labute approximate surface area is 89.6 Å². The Morgan fingerprint density at radius 2 is 2.53 bits per heavy atom. The number of fused-ring (bicyclic) bond motifs is 1. The zero-order valence-corrected chi connectivity index (χ0v) is 8.85. The predicted octanol–water partition coefficient (Wildman–Crippen LogP) is 0.858. The average molecular weight is 207 g/mol. The van der Waals surface area contributed by atoms with Gasteiger partial charge in [0.15, 0.2) is 5.76 Å². The van der Waals surface area contributed by atoms with Crippen LogP contribution in [0.3, 0.4) is 0 Å². The minimum absolute atomic E-state index is 0.712. The SMILES string of the molecule is c1cc(CN2CCCC3CNCC32)on1. The maximum absolute atomic E-state index is 5.17. The Bertz CT molecular complexity index is 312. The molecule has 1 N–H and O–H groups in total. The quantitative estimate of drug-likeness (QED) is 0.781. The zero-order valence-electron chi connectivity index (χ0n) is 8.85. The normalized spacial score (nSPS) is 31.7. The molecular weight excluding hydrogens is 190 g/mol. The second kappa shape index (κ2) is 3.94. The molecule has 0 amide bonds. The summed E-state index contributed by atoms with van der Waals surface area (Å²) in [6, 6.07) is 2.68. The molecule has 15 heavy (non-hydrogen) atoms. The van der Waals surface area contributed by atoms with Crippen molar-refractivity contribution in [1.29, 1.82) is 0 Å². The molecule has 2 atom stereocenters. The van der Waals surface area contributed by atoms with Gasteiger partial charge in [-0.3, -0.25) is 4.90 Å². The van der Waals surface area contributed by atoms with Gasteiger partial charge >= 0.3 is 0 Å². The van der Waals surface area contributed by atoms with Crippen molar-refractivity contribution in [3.05, 3.63) is 18.0 Å². The van der Waals surface area contributed by atoms with Crippen LogP contribution in [0.4, 0.5) is 0 Å². The second-order valence-electron chi connectivity index (χ2n) is 4.58. The molecule has 3 heterocycles. The van der Waals surface area contributed by atoms with Gasteiger partial charge < -0.3 is 9.84 Å². The maximum Gasteiger partial charge on any atom is 0.150 e. The molecule has 4 heteroatoms. The molecule has 4 nitrogen and oxygen atoms in total. The van der Waals surface area contributed by atoms with Crippen molar-refractivity contribution in [2.75, 3.05) is 19.6 Å². The fourth-order valence-corrected chi connectivity index (χ4v) is 2.88. The Balaban J connectivity index is 1.69. The third-order valence-electron chi connectivity index (χ3n) is 3.64. The molecule has 0 radical (unpaired) electrons. The van der Waals surface area contributed by atoms with Gasteiger partial charge in [-0.05, 0) is 31.8 Å². The van der Waals surface area contributed by atoms with Crippen molar-refractivity contribution in [3.8, 4) is 0 Å². The van der Waals surface area contributed by atoms with Gasteiger partial charge in [0.05, 0.1) is 12.7 Å². The summed E-state index contributed by atoms with van der Waals surface area (Å²) in [6.45, 7) is 4.45. The van der Waals surface area contributed by atoms with E-state index in [1.54, 1.807) is 6.20 Å². The maximum atomic E-state index is 5.17. The number of hydrogen-bond acceptors (Lipinski definition) is 4. The molecule has 1 aromatic rings. The minimum Gasteiger partial charge on any atom is -0.360 e. The molecule has 0 bridgehead atoms. The van der Waals surface area contributed by atoms with Crippen LogP contribution in [0.1, 0.15) is 18.6 Å². The number of likely N-dealkylation sites (tertiary alicyclic amines) is 1. The fraction of sp³-hybridized carbons (Fsp3) is 0.727. The van der Waals surface area contributed by atoms with Crippen LogP contribution in [0.25, 0.3) is 0 Å². The van der Waals surface area contributed by atoms with Gasteiger partial charge in [0.1, 0.15) is 0 Å². The first-order chi connectivity index (χ1) is 7.43. The summed E-state index contributed by atoms with van der Waals surface area (Å²) in [5.74, 6) is 1.84. The van der Waals surface area contributed by atoms with Crippen LogP contribution in [0.5, 0.6) is 0 Å². The molecule has 82 valence electrons. The second-order valence-corrected chi connectivity index (χ2v) is 4.58. The van der Waals surface area contributed by atoms with E-state index in [4.69, 9.17) is 4.52 Å². The Morgan fingerprint density at radius 1 is 1.53 bits per heavy atom. The Hall–Kier alpha value is -0.870. The standard InChI is InChI=1S/C11H17N3O/c1-2-9-6-12-7-11(9)14(5-1)8-10-3-4-13-15-10/h3-4,9,11-12H,1-2,5-8H2. The van der Waals surface area contributed by atoms with Crippen molar-refractivity contribution in [3.63, 3.8) is 0 Å². The van der Waals surface area contributed by atoms with Crippen molar-refractivity contribution >= 4 is 0 Å². The van der Waals surface area contributed by atoms with Gasteiger partial charge in [0, 0.05) is 18.7 Å². The van der Waals surface area contributed by atoms with E-state index >= 15 is 0 Å². The number of hydrogen-bond donors (Lipinski definition) is 1. The predicted molar refractivity (Wildman–Crippen MR) is 56.3 cm³/mol. The molecule has 0 saturated carbocycles. The van der Waals surface area contributed by atoms with Crippen LogP contribution < -0.4 is 5.32 Å². The smallest absolute Gasteiger partial charge is 0.150 e. The minimum atomic E-state index is 0.712. The van der Waals surface area contributed by atoms with Crippen molar-refractivity contribution in [2.24, 2.45) is 5.92 Å². The van der Waals surface area contributed by atoms with Crippen molar-refractivity contribution in [1.82, 2.24) is 15.4 Å². The van der Waals surface area contributed by atoms with E-state index in [2.05, 4.69) is 15.4 Å². The summed E-state index contributed by atoms with van der Waals surface area (Å²) >= 11 is 0. The monoisotopic (exact) mass is 207 g/mol. The van der Waals surface area contributed by atoms with Crippen LogP contribution in [0.2, 0.25) is 0 Å². The van der Waals surface area contributed by atoms with Crippen LogP contribution in [0, 0.1) is 5.92 Å².